The van der Waals surface area contributed by atoms with Crippen LogP contribution >= 0.6 is 35.1 Å². The minimum absolute atomic E-state index is 0.00319. The molecule has 0 fully saturated rings. The highest BCUT2D eigenvalue weighted by Gasteiger charge is 2.23. The van der Waals surface area contributed by atoms with Crippen molar-refractivity contribution in [2.24, 2.45) is 0 Å². The van der Waals surface area contributed by atoms with Crippen LogP contribution in [0.2, 0.25) is 5.02 Å². The van der Waals surface area contributed by atoms with E-state index in [1.54, 1.807) is 23.6 Å². The molecular weight excluding hydrogens is 378 g/mol. The zero-order chi connectivity index (χ0) is 18.0. The molecule has 0 saturated carbocycles. The van der Waals surface area contributed by atoms with Gasteiger partial charge in [-0.3, -0.25) is 9.59 Å². The van der Waals surface area contributed by atoms with Crippen molar-refractivity contribution in [1.82, 2.24) is 9.97 Å². The van der Waals surface area contributed by atoms with Crippen molar-refractivity contribution in [3.63, 3.8) is 0 Å². The van der Waals surface area contributed by atoms with Crippen LogP contribution in [0.3, 0.4) is 0 Å². The number of aromatic amines is 1. The number of hydrogen-bond donors (Lipinski definition) is 1. The van der Waals surface area contributed by atoms with Crippen molar-refractivity contribution in [2.45, 2.75) is 29.8 Å². The van der Waals surface area contributed by atoms with Gasteiger partial charge in [-0.05, 0) is 37.8 Å². The molecule has 1 aliphatic heterocycles. The zero-order valence-electron chi connectivity index (χ0n) is 14.0. The first-order valence-corrected chi connectivity index (χ1v) is 10.4. The predicted octanol–water partition coefficient (Wildman–Crippen LogP) is 3.53. The summed E-state index contributed by atoms with van der Waals surface area (Å²) in [6.07, 6.45) is 2.50. The van der Waals surface area contributed by atoms with Crippen LogP contribution in [-0.4, -0.2) is 34.4 Å². The van der Waals surface area contributed by atoms with E-state index in [9.17, 15) is 9.59 Å². The highest BCUT2D eigenvalue weighted by molar-refractivity contribution is 7.99. The number of anilines is 1. The van der Waals surface area contributed by atoms with E-state index in [2.05, 4.69) is 9.97 Å². The van der Waals surface area contributed by atoms with Gasteiger partial charge in [0, 0.05) is 39.9 Å². The summed E-state index contributed by atoms with van der Waals surface area (Å²) < 4.78 is 0. The molecule has 0 unspecified atom stereocenters. The monoisotopic (exact) mass is 395 g/mol. The van der Waals surface area contributed by atoms with Crippen LogP contribution < -0.4 is 10.5 Å². The highest BCUT2D eigenvalue weighted by atomic mass is 35.5. The normalized spacial score (nSPS) is 13.6. The van der Waals surface area contributed by atoms with Gasteiger partial charge in [-0.1, -0.05) is 23.4 Å². The third-order valence-electron chi connectivity index (χ3n) is 4.07. The van der Waals surface area contributed by atoms with Crippen LogP contribution in [-0.2, 0) is 11.2 Å². The largest absolute Gasteiger partial charge is 0.310 e. The Balaban J connectivity index is 1.77. The number of thioether (sulfide) groups is 2. The van der Waals surface area contributed by atoms with E-state index in [4.69, 9.17) is 11.6 Å². The van der Waals surface area contributed by atoms with Gasteiger partial charge in [0.2, 0.25) is 5.91 Å². The summed E-state index contributed by atoms with van der Waals surface area (Å²) in [5.41, 5.74) is 1.94. The molecule has 1 aromatic carbocycles. The number of fused-ring (bicyclic) bond motifs is 1. The Bertz CT molecular complexity index is 869. The lowest BCUT2D eigenvalue weighted by Crippen LogP contribution is -2.36. The molecule has 0 spiro atoms. The van der Waals surface area contributed by atoms with Crippen LogP contribution in [0.15, 0.2) is 33.0 Å². The van der Waals surface area contributed by atoms with Crippen LogP contribution in [0.25, 0.3) is 0 Å². The number of aromatic nitrogens is 2. The minimum atomic E-state index is -0.165. The van der Waals surface area contributed by atoms with E-state index in [0.717, 1.165) is 16.3 Å². The van der Waals surface area contributed by atoms with Crippen molar-refractivity contribution in [3.8, 4) is 0 Å². The van der Waals surface area contributed by atoms with E-state index in [1.807, 2.05) is 24.5 Å². The standard InChI is InChI=1S/C17H18ClN3O2S2/c1-10-12(16(23)20-17(19-10)24-2)4-6-15(22)21-7-8-25-14-5-3-11(18)9-13(14)21/h3,5,9H,4,6-8H2,1-2H3,(H,19,20,23). The molecular formula is C17H18ClN3O2S2. The third-order valence-corrected chi connectivity index (χ3v) is 5.93. The second-order valence-electron chi connectivity index (χ2n) is 5.65. The van der Waals surface area contributed by atoms with Gasteiger partial charge in [0.05, 0.1) is 5.69 Å². The molecule has 1 aliphatic rings. The summed E-state index contributed by atoms with van der Waals surface area (Å²) >= 11 is 9.20. The molecule has 2 heterocycles. The van der Waals surface area contributed by atoms with Crippen molar-refractivity contribution in [3.05, 3.63) is 44.8 Å². The summed E-state index contributed by atoms with van der Waals surface area (Å²) in [6.45, 7) is 2.46. The van der Waals surface area contributed by atoms with Crippen molar-refractivity contribution in [2.75, 3.05) is 23.5 Å². The lowest BCUT2D eigenvalue weighted by molar-refractivity contribution is -0.118. The molecule has 8 heteroatoms. The van der Waals surface area contributed by atoms with Crippen LogP contribution in [0.5, 0.6) is 0 Å². The Morgan fingerprint density at radius 1 is 1.48 bits per heavy atom. The molecule has 5 nitrogen and oxygen atoms in total. The first-order valence-electron chi connectivity index (χ1n) is 7.86. The number of nitrogens with one attached hydrogen (secondary N) is 1. The maximum Gasteiger partial charge on any atom is 0.254 e. The van der Waals surface area contributed by atoms with E-state index in [-0.39, 0.29) is 17.9 Å². The Hall–Kier alpha value is -1.44. The Morgan fingerprint density at radius 3 is 3.00 bits per heavy atom. The van der Waals surface area contributed by atoms with Crippen molar-refractivity contribution < 1.29 is 4.79 Å². The van der Waals surface area contributed by atoms with E-state index in [0.29, 0.717) is 34.4 Å². The Kier molecular flexibility index (Phi) is 5.76. The first-order chi connectivity index (χ1) is 12.0. The molecule has 0 saturated heterocycles. The van der Waals surface area contributed by atoms with Gasteiger partial charge in [-0.25, -0.2) is 4.98 Å². The van der Waals surface area contributed by atoms with Crippen LogP contribution in [0, 0.1) is 6.92 Å². The summed E-state index contributed by atoms with van der Waals surface area (Å²) in [4.78, 5) is 34.8. The van der Waals surface area contributed by atoms with Crippen molar-refractivity contribution in [1.29, 1.82) is 0 Å². The fraction of sp³-hybridized carbons (Fsp3) is 0.353. The van der Waals surface area contributed by atoms with E-state index in [1.165, 1.54) is 11.8 Å². The number of benzene rings is 1. The Morgan fingerprint density at radius 2 is 2.28 bits per heavy atom. The van der Waals surface area contributed by atoms with Gasteiger partial charge in [0.25, 0.3) is 5.56 Å². The van der Waals surface area contributed by atoms with E-state index < -0.39 is 0 Å². The lowest BCUT2D eigenvalue weighted by atomic mass is 10.1. The molecule has 1 aromatic heterocycles. The average molecular weight is 396 g/mol. The number of carbonyl (C=O) groups excluding carboxylic acids is 1. The minimum Gasteiger partial charge on any atom is -0.310 e. The summed E-state index contributed by atoms with van der Waals surface area (Å²) in [5.74, 6) is 0.848. The average Bonchev–Trinajstić information content (AvgIpc) is 2.60. The second kappa shape index (κ2) is 7.85. The molecule has 0 radical (unpaired) electrons. The number of amides is 1. The van der Waals surface area contributed by atoms with Gasteiger partial charge < -0.3 is 9.88 Å². The molecule has 3 rings (SSSR count). The second-order valence-corrected chi connectivity index (χ2v) is 8.01. The zero-order valence-corrected chi connectivity index (χ0v) is 16.4. The molecule has 132 valence electrons. The molecule has 0 atom stereocenters. The SMILES string of the molecule is CSc1nc(C)c(CCC(=O)N2CCSc3ccc(Cl)cc32)c(=O)[nH]1. The van der Waals surface area contributed by atoms with Gasteiger partial charge in [-0.2, -0.15) is 0 Å². The number of hydrogen-bond acceptors (Lipinski definition) is 5. The van der Waals surface area contributed by atoms with Gasteiger partial charge in [0.15, 0.2) is 5.16 Å². The number of carbonyl (C=O) groups is 1. The highest BCUT2D eigenvalue weighted by Crippen LogP contribution is 2.36. The number of H-pyrrole nitrogens is 1. The smallest absolute Gasteiger partial charge is 0.254 e. The fourth-order valence-electron chi connectivity index (χ4n) is 2.79. The Labute approximate surface area is 159 Å². The summed E-state index contributed by atoms with van der Waals surface area (Å²) in [6, 6.07) is 5.61. The van der Waals surface area contributed by atoms with Gasteiger partial charge in [-0.15, -0.1) is 11.8 Å². The van der Waals surface area contributed by atoms with Crippen molar-refractivity contribution >= 4 is 46.7 Å². The quantitative estimate of drug-likeness (QED) is 0.633. The number of nitrogens with zero attached hydrogens (tertiary/aromatic N) is 2. The molecule has 25 heavy (non-hydrogen) atoms. The van der Waals surface area contributed by atoms with Gasteiger partial charge in [0.1, 0.15) is 0 Å². The number of halogens is 1. The molecule has 1 amide bonds. The molecule has 1 N–H and O–H groups in total. The molecule has 0 bridgehead atoms. The lowest BCUT2D eigenvalue weighted by Gasteiger charge is -2.29. The fourth-order valence-corrected chi connectivity index (χ4v) is 4.36. The van der Waals surface area contributed by atoms with Gasteiger partial charge >= 0.3 is 0 Å². The maximum atomic E-state index is 12.7. The number of aryl methyl sites for hydroxylation is 1. The third kappa shape index (κ3) is 4.04. The van der Waals surface area contributed by atoms with Crippen LogP contribution in [0.4, 0.5) is 5.69 Å². The molecule has 2 aromatic rings. The number of rotatable bonds is 4. The molecule has 0 aliphatic carbocycles. The first kappa shape index (κ1) is 18.4. The maximum absolute atomic E-state index is 12.7. The van der Waals surface area contributed by atoms with E-state index >= 15 is 0 Å². The summed E-state index contributed by atoms with van der Waals surface area (Å²) in [5, 5.41) is 1.21. The predicted molar refractivity (Wildman–Crippen MR) is 104 cm³/mol. The summed E-state index contributed by atoms with van der Waals surface area (Å²) in [7, 11) is 0. The topological polar surface area (TPSA) is 66.1 Å². The van der Waals surface area contributed by atoms with Crippen LogP contribution in [0.1, 0.15) is 17.7 Å².